The zero-order chi connectivity index (χ0) is 38.5. The number of carbonyl (C=O) groups excluding carboxylic acids is 5. The molecule has 0 unspecified atom stereocenters. The zero-order valence-electron chi connectivity index (χ0n) is 31.0. The number of methoxy groups -OCH3 is 2. The Morgan fingerprint density at radius 1 is 1.06 bits per heavy atom. The first-order valence-electron chi connectivity index (χ1n) is 17.4. The van der Waals surface area contributed by atoms with Gasteiger partial charge in [-0.3, -0.25) is 19.2 Å². The van der Waals surface area contributed by atoms with Crippen molar-refractivity contribution < 1.29 is 43.3 Å². The van der Waals surface area contributed by atoms with Gasteiger partial charge in [0.15, 0.2) is 6.10 Å². The maximum absolute atomic E-state index is 14.0. The van der Waals surface area contributed by atoms with E-state index in [4.69, 9.17) is 19.9 Å². The third-order valence-electron chi connectivity index (χ3n) is 9.00. The highest BCUT2D eigenvalue weighted by Crippen LogP contribution is 2.29. The molecule has 0 fully saturated rings. The molecule has 0 aromatic heterocycles. The minimum absolute atomic E-state index is 0.0194. The number of hydrogen-bond acceptors (Lipinski definition) is 10. The van der Waals surface area contributed by atoms with Crippen molar-refractivity contribution >= 4 is 29.5 Å². The molecular weight excluding hydrogens is 668 g/mol. The molecule has 0 saturated carbocycles. The average Bonchev–Trinajstić information content (AvgIpc) is 3.11. The van der Waals surface area contributed by atoms with Crippen LogP contribution in [-0.4, -0.2) is 79.8 Å². The highest BCUT2D eigenvalue weighted by Gasteiger charge is 2.34. The molecule has 0 saturated heterocycles. The van der Waals surface area contributed by atoms with Gasteiger partial charge in [0.2, 0.25) is 11.6 Å². The largest absolute Gasteiger partial charge is 0.439 e. The van der Waals surface area contributed by atoms with Crippen LogP contribution in [0.5, 0.6) is 0 Å². The van der Waals surface area contributed by atoms with Crippen LogP contribution in [0.2, 0.25) is 0 Å². The molecule has 1 aliphatic carbocycles. The zero-order valence-corrected chi connectivity index (χ0v) is 31.0. The Labute approximate surface area is 305 Å². The van der Waals surface area contributed by atoms with E-state index in [0.29, 0.717) is 17.7 Å². The number of fused-ring (bicyclic) bond motifs is 2. The third kappa shape index (κ3) is 11.4. The molecule has 3 rings (SSSR count). The quantitative estimate of drug-likeness (QED) is 0.143. The Balaban J connectivity index is 2.04. The highest BCUT2D eigenvalue weighted by molar-refractivity contribution is 6.24. The number of benzene rings is 1. The number of nitrogens with two attached hydrogens (primary N) is 1. The van der Waals surface area contributed by atoms with E-state index in [0.717, 1.165) is 24.6 Å². The molecule has 0 spiro atoms. The van der Waals surface area contributed by atoms with Crippen LogP contribution in [-0.2, 0) is 35.1 Å². The van der Waals surface area contributed by atoms with E-state index in [-0.39, 0.29) is 41.3 Å². The van der Waals surface area contributed by atoms with Gasteiger partial charge in [-0.25, -0.2) is 4.79 Å². The molecule has 1 aromatic rings. The number of ketones is 2. The molecule has 1 aliphatic heterocycles. The molecule has 282 valence electrons. The van der Waals surface area contributed by atoms with Crippen LogP contribution in [0.15, 0.2) is 82.8 Å². The topological polar surface area (TPSA) is 195 Å². The lowest BCUT2D eigenvalue weighted by molar-refractivity contribution is -0.120. The molecule has 13 nitrogen and oxygen atoms in total. The number of rotatable bonds is 9. The van der Waals surface area contributed by atoms with Gasteiger partial charge in [0.1, 0.15) is 6.10 Å². The van der Waals surface area contributed by atoms with Crippen LogP contribution in [0, 0.1) is 11.8 Å². The smallest absolute Gasteiger partial charge is 0.405 e. The molecular formula is C39H52N4O9. The van der Waals surface area contributed by atoms with E-state index in [1.54, 1.807) is 38.1 Å². The van der Waals surface area contributed by atoms with Crippen molar-refractivity contribution in [3.8, 4) is 0 Å². The number of carbonyl (C=O) groups is 5. The molecule has 1 aromatic carbocycles. The van der Waals surface area contributed by atoms with E-state index in [1.807, 2.05) is 19.1 Å². The second-order valence-electron chi connectivity index (χ2n) is 13.3. The molecule has 6 atom stereocenters. The van der Waals surface area contributed by atoms with E-state index in [2.05, 4.69) is 22.9 Å². The molecule has 3 amide bonds. The first-order chi connectivity index (χ1) is 24.7. The predicted molar refractivity (Wildman–Crippen MR) is 195 cm³/mol. The lowest BCUT2D eigenvalue weighted by Crippen LogP contribution is -2.38. The van der Waals surface area contributed by atoms with Gasteiger partial charge in [-0.05, 0) is 68.8 Å². The van der Waals surface area contributed by atoms with Crippen molar-refractivity contribution in [3.05, 3.63) is 93.9 Å². The Morgan fingerprint density at radius 2 is 1.75 bits per heavy atom. The Bertz CT molecular complexity index is 1640. The van der Waals surface area contributed by atoms with Gasteiger partial charge in [0, 0.05) is 49.5 Å². The van der Waals surface area contributed by atoms with Crippen LogP contribution in [0.1, 0.15) is 69.8 Å². The molecule has 13 heteroatoms. The summed E-state index contributed by atoms with van der Waals surface area (Å²) in [5.41, 5.74) is 7.01. The summed E-state index contributed by atoms with van der Waals surface area (Å²) in [5, 5.41) is 19.9. The lowest BCUT2D eigenvalue weighted by atomic mass is 9.85. The highest BCUT2D eigenvalue weighted by atomic mass is 16.6. The van der Waals surface area contributed by atoms with Gasteiger partial charge >= 0.3 is 6.09 Å². The Morgan fingerprint density at radius 3 is 2.37 bits per heavy atom. The minimum atomic E-state index is -1.03. The number of allylic oxidation sites excluding steroid dienone is 4. The number of ether oxygens (including phenoxy) is 3. The third-order valence-corrected chi connectivity index (χ3v) is 9.00. The molecule has 2 bridgehead atoms. The Hall–Kier alpha value is -4.69. The number of aliphatic hydroxyl groups is 1. The molecule has 52 heavy (non-hydrogen) atoms. The Kier molecular flexibility index (Phi) is 15.9. The number of amides is 3. The summed E-state index contributed by atoms with van der Waals surface area (Å²) in [6.45, 7) is 10.4. The molecule has 0 radical (unpaired) electrons. The van der Waals surface area contributed by atoms with Crippen molar-refractivity contribution in [2.24, 2.45) is 17.6 Å². The first kappa shape index (κ1) is 41.7. The van der Waals surface area contributed by atoms with E-state index in [1.165, 1.54) is 33.3 Å². The maximum atomic E-state index is 14.0. The van der Waals surface area contributed by atoms with Gasteiger partial charge in [-0.1, -0.05) is 57.2 Å². The van der Waals surface area contributed by atoms with Crippen molar-refractivity contribution in [1.82, 2.24) is 16.0 Å². The van der Waals surface area contributed by atoms with Crippen molar-refractivity contribution in [2.45, 2.75) is 84.8 Å². The monoisotopic (exact) mass is 720 g/mol. The molecule has 2 aliphatic rings. The first-order valence-corrected chi connectivity index (χ1v) is 17.4. The number of hydrogen-bond donors (Lipinski definition) is 5. The predicted octanol–water partition coefficient (Wildman–Crippen LogP) is 3.69. The van der Waals surface area contributed by atoms with E-state index >= 15 is 0 Å². The SMILES string of the molecule is CCCNCc1ccc(C(=O)NC2=C3C[C@@H](C)C[C@H](OC)[C@H](O)[C@@H](C)/C=C(\C)[C@@H](OC(N)=O)[C@@H](OC)/C=C\C=C(/C)C(=O)NC(=CC2=O)C3=O)cc1. The normalized spacial score (nSPS) is 27.8. The number of nitrogens with one attached hydrogen (secondary N) is 3. The van der Waals surface area contributed by atoms with Crippen LogP contribution < -0.4 is 21.7 Å². The minimum Gasteiger partial charge on any atom is -0.439 e. The van der Waals surface area contributed by atoms with Crippen molar-refractivity contribution in [3.63, 3.8) is 0 Å². The summed E-state index contributed by atoms with van der Waals surface area (Å²) in [4.78, 5) is 66.0. The van der Waals surface area contributed by atoms with E-state index < -0.39 is 59.8 Å². The fourth-order valence-electron chi connectivity index (χ4n) is 6.09. The summed E-state index contributed by atoms with van der Waals surface area (Å²) < 4.78 is 16.7. The van der Waals surface area contributed by atoms with Gasteiger partial charge in [0.05, 0.1) is 23.6 Å². The number of Topliss-reactive ketones (excluding diaryl/α,β-unsaturated/α-hetero) is 1. The van der Waals surface area contributed by atoms with Crippen LogP contribution in [0.25, 0.3) is 0 Å². The van der Waals surface area contributed by atoms with Crippen LogP contribution >= 0.6 is 0 Å². The van der Waals surface area contributed by atoms with Crippen LogP contribution in [0.4, 0.5) is 4.79 Å². The van der Waals surface area contributed by atoms with Gasteiger partial charge in [-0.15, -0.1) is 0 Å². The summed E-state index contributed by atoms with van der Waals surface area (Å²) >= 11 is 0. The van der Waals surface area contributed by atoms with Gasteiger partial charge in [0.25, 0.3) is 11.8 Å². The average molecular weight is 721 g/mol. The summed E-state index contributed by atoms with van der Waals surface area (Å²) in [7, 11) is 2.88. The van der Waals surface area contributed by atoms with Crippen molar-refractivity contribution in [2.75, 3.05) is 20.8 Å². The van der Waals surface area contributed by atoms with E-state index in [9.17, 15) is 29.1 Å². The van der Waals surface area contributed by atoms with Gasteiger partial charge < -0.3 is 41.0 Å². The second kappa shape index (κ2) is 19.8. The molecule has 1 heterocycles. The summed E-state index contributed by atoms with van der Waals surface area (Å²) in [6.07, 6.45) is 4.03. The standard InChI is InChI=1S/C39H52N4O9/c1-8-16-41-21-26-12-14-27(15-13-26)38(48)43-33-28-17-22(2)18-32(51-7)34(45)24(4)19-25(5)36(52-39(40)49)31(50-6)11-9-10-23(3)37(47)42-29(35(28)46)20-30(33)44/h9-15,19-20,22,24,31-32,34,36,41,45H,8,16-18,21H2,1-7H3,(H2,40,49)(H,42,47)(H,43,48)/b11-9-,23-10+,25-19+/t22-,24+,31+,32+,34-,36-/m1/s1. The maximum Gasteiger partial charge on any atom is 0.405 e. The number of primary amides is 1. The molecule has 6 N–H and O–H groups in total. The summed E-state index contributed by atoms with van der Waals surface area (Å²) in [5.74, 6) is -3.34. The van der Waals surface area contributed by atoms with Gasteiger partial charge in [-0.2, -0.15) is 0 Å². The summed E-state index contributed by atoms with van der Waals surface area (Å²) in [6, 6.07) is 6.93. The van der Waals surface area contributed by atoms with Crippen molar-refractivity contribution in [1.29, 1.82) is 0 Å². The second-order valence-corrected chi connectivity index (χ2v) is 13.3. The van der Waals surface area contributed by atoms with Crippen LogP contribution in [0.3, 0.4) is 0 Å². The lowest BCUT2D eigenvalue weighted by Gasteiger charge is -2.30. The fraction of sp³-hybridized carbons (Fsp3) is 0.462. The fourth-order valence-corrected chi connectivity index (χ4v) is 6.09. The number of aliphatic hydroxyl groups excluding tert-OH is 1.